The SMILES string of the molecule is O=C(Nc1ccc(C(F)(F)F)nc1)C1CC2CCC1N2. The number of alkyl halides is 3. The van der Waals surface area contributed by atoms with Crippen molar-refractivity contribution in [2.75, 3.05) is 5.32 Å². The number of aromatic nitrogens is 1. The molecule has 20 heavy (non-hydrogen) atoms. The number of carbonyl (C=O) groups is 1. The Balaban J connectivity index is 1.64. The third-order valence-corrected chi connectivity index (χ3v) is 3.96. The molecular weight excluding hydrogens is 271 g/mol. The van der Waals surface area contributed by atoms with Crippen LogP contribution in [0.3, 0.4) is 0 Å². The molecule has 0 spiro atoms. The lowest BCUT2D eigenvalue weighted by atomic mass is 9.88. The highest BCUT2D eigenvalue weighted by Crippen LogP contribution is 2.34. The van der Waals surface area contributed by atoms with Crippen molar-refractivity contribution < 1.29 is 18.0 Å². The van der Waals surface area contributed by atoms with Crippen molar-refractivity contribution in [2.24, 2.45) is 5.92 Å². The highest BCUT2D eigenvalue weighted by atomic mass is 19.4. The van der Waals surface area contributed by atoms with Gasteiger partial charge in [-0.1, -0.05) is 0 Å². The second kappa shape index (κ2) is 4.73. The molecule has 4 nitrogen and oxygen atoms in total. The van der Waals surface area contributed by atoms with Gasteiger partial charge < -0.3 is 10.6 Å². The van der Waals surface area contributed by atoms with Gasteiger partial charge in [-0.05, 0) is 31.4 Å². The number of hydrogen-bond donors (Lipinski definition) is 2. The van der Waals surface area contributed by atoms with Gasteiger partial charge in [0.15, 0.2) is 0 Å². The van der Waals surface area contributed by atoms with Crippen molar-refractivity contribution >= 4 is 11.6 Å². The fourth-order valence-electron chi connectivity index (χ4n) is 2.98. The third-order valence-electron chi connectivity index (χ3n) is 3.96. The van der Waals surface area contributed by atoms with Gasteiger partial charge in [0.1, 0.15) is 5.69 Å². The average molecular weight is 285 g/mol. The van der Waals surface area contributed by atoms with Gasteiger partial charge in [0.2, 0.25) is 5.91 Å². The molecule has 0 aliphatic carbocycles. The second-order valence-electron chi connectivity index (χ2n) is 5.31. The second-order valence-corrected chi connectivity index (χ2v) is 5.31. The lowest BCUT2D eigenvalue weighted by Gasteiger charge is -2.19. The minimum atomic E-state index is -4.46. The summed E-state index contributed by atoms with van der Waals surface area (Å²) < 4.78 is 37.1. The number of rotatable bonds is 2. The van der Waals surface area contributed by atoms with E-state index in [1.54, 1.807) is 0 Å². The molecule has 2 bridgehead atoms. The van der Waals surface area contributed by atoms with E-state index in [-0.39, 0.29) is 17.9 Å². The maximum atomic E-state index is 12.4. The minimum Gasteiger partial charge on any atom is -0.324 e. The maximum Gasteiger partial charge on any atom is 0.433 e. The van der Waals surface area contributed by atoms with Gasteiger partial charge in [-0.3, -0.25) is 4.79 Å². The molecule has 3 rings (SSSR count). The molecule has 0 aromatic carbocycles. The number of amides is 1. The number of halogens is 3. The van der Waals surface area contributed by atoms with Crippen molar-refractivity contribution in [2.45, 2.75) is 37.5 Å². The predicted molar refractivity (Wildman–Crippen MR) is 65.9 cm³/mol. The Morgan fingerprint density at radius 1 is 1.35 bits per heavy atom. The minimum absolute atomic E-state index is 0.101. The highest BCUT2D eigenvalue weighted by Gasteiger charge is 2.42. The monoisotopic (exact) mass is 285 g/mol. The summed E-state index contributed by atoms with van der Waals surface area (Å²) in [5.74, 6) is -0.248. The molecule has 0 radical (unpaired) electrons. The van der Waals surface area contributed by atoms with Crippen molar-refractivity contribution in [3.63, 3.8) is 0 Å². The zero-order valence-corrected chi connectivity index (χ0v) is 10.6. The number of hydrogen-bond acceptors (Lipinski definition) is 3. The van der Waals surface area contributed by atoms with Gasteiger partial charge in [0.25, 0.3) is 0 Å². The number of nitrogens with one attached hydrogen (secondary N) is 2. The first-order valence-electron chi connectivity index (χ1n) is 6.53. The van der Waals surface area contributed by atoms with Crippen LogP contribution in [-0.4, -0.2) is 23.0 Å². The zero-order valence-electron chi connectivity index (χ0n) is 10.6. The molecular formula is C13H14F3N3O. The van der Waals surface area contributed by atoms with E-state index in [0.717, 1.165) is 31.5 Å². The van der Waals surface area contributed by atoms with Crippen LogP contribution < -0.4 is 10.6 Å². The number of pyridine rings is 1. The molecule has 2 aliphatic rings. The van der Waals surface area contributed by atoms with Crippen molar-refractivity contribution in [1.29, 1.82) is 0 Å². The molecule has 2 fully saturated rings. The molecule has 3 unspecified atom stereocenters. The average Bonchev–Trinajstić information content (AvgIpc) is 3.00. The van der Waals surface area contributed by atoms with Crippen LogP contribution in [-0.2, 0) is 11.0 Å². The number of carbonyl (C=O) groups excluding carboxylic acids is 1. The molecule has 2 saturated heterocycles. The van der Waals surface area contributed by atoms with Crippen LogP contribution in [0.5, 0.6) is 0 Å². The smallest absolute Gasteiger partial charge is 0.324 e. The lowest BCUT2D eigenvalue weighted by Crippen LogP contribution is -2.32. The summed E-state index contributed by atoms with van der Waals surface area (Å²) in [5.41, 5.74) is -0.664. The Morgan fingerprint density at radius 2 is 2.15 bits per heavy atom. The summed E-state index contributed by atoms with van der Waals surface area (Å²) in [4.78, 5) is 15.4. The number of anilines is 1. The molecule has 1 aromatic rings. The van der Waals surface area contributed by atoms with Crippen LogP contribution in [0.25, 0.3) is 0 Å². The fraction of sp³-hybridized carbons (Fsp3) is 0.538. The Morgan fingerprint density at radius 3 is 2.65 bits per heavy atom. The lowest BCUT2D eigenvalue weighted by molar-refractivity contribution is -0.141. The van der Waals surface area contributed by atoms with Crippen LogP contribution in [0.15, 0.2) is 18.3 Å². The molecule has 108 valence electrons. The van der Waals surface area contributed by atoms with Gasteiger partial charge >= 0.3 is 6.18 Å². The van der Waals surface area contributed by atoms with E-state index in [9.17, 15) is 18.0 Å². The van der Waals surface area contributed by atoms with Crippen LogP contribution in [0.2, 0.25) is 0 Å². The van der Waals surface area contributed by atoms with Gasteiger partial charge in [-0.15, -0.1) is 0 Å². The Labute approximate surface area is 113 Å². The van der Waals surface area contributed by atoms with Gasteiger partial charge in [-0.25, -0.2) is 4.98 Å². The van der Waals surface area contributed by atoms with Crippen LogP contribution in [0.1, 0.15) is 25.0 Å². The molecule has 2 aliphatic heterocycles. The summed E-state index contributed by atoms with van der Waals surface area (Å²) in [7, 11) is 0. The quantitative estimate of drug-likeness (QED) is 0.875. The van der Waals surface area contributed by atoms with E-state index in [1.807, 2.05) is 0 Å². The van der Waals surface area contributed by atoms with E-state index in [2.05, 4.69) is 15.6 Å². The first-order chi connectivity index (χ1) is 9.43. The Bertz CT molecular complexity index is 515. The molecule has 2 N–H and O–H groups in total. The number of fused-ring (bicyclic) bond motifs is 2. The standard InChI is InChI=1S/C13H14F3N3O/c14-13(15,16)11-4-2-8(6-17-11)19-12(20)9-5-7-1-3-10(9)18-7/h2,4,6-7,9-10,18H,1,3,5H2,(H,19,20). The summed E-state index contributed by atoms with van der Waals surface area (Å²) >= 11 is 0. The first-order valence-corrected chi connectivity index (χ1v) is 6.53. The molecule has 7 heteroatoms. The van der Waals surface area contributed by atoms with E-state index in [1.165, 1.54) is 6.07 Å². The van der Waals surface area contributed by atoms with Crippen molar-refractivity contribution in [1.82, 2.24) is 10.3 Å². The Hall–Kier alpha value is -1.63. The van der Waals surface area contributed by atoms with Crippen molar-refractivity contribution in [3.05, 3.63) is 24.0 Å². The maximum absolute atomic E-state index is 12.4. The van der Waals surface area contributed by atoms with Crippen LogP contribution >= 0.6 is 0 Å². The summed E-state index contributed by atoms with van der Waals surface area (Å²) in [6.07, 6.45) is -0.548. The molecule has 1 amide bonds. The molecule has 3 heterocycles. The first kappa shape index (κ1) is 13.4. The van der Waals surface area contributed by atoms with Gasteiger partial charge in [-0.2, -0.15) is 13.2 Å². The van der Waals surface area contributed by atoms with E-state index >= 15 is 0 Å². The van der Waals surface area contributed by atoms with E-state index < -0.39 is 11.9 Å². The fourth-order valence-corrected chi connectivity index (χ4v) is 2.98. The molecule has 3 atom stereocenters. The summed E-state index contributed by atoms with van der Waals surface area (Å²) in [6.45, 7) is 0. The zero-order chi connectivity index (χ0) is 14.3. The third kappa shape index (κ3) is 2.49. The van der Waals surface area contributed by atoms with E-state index in [4.69, 9.17) is 0 Å². The normalized spacial score (nSPS) is 28.6. The topological polar surface area (TPSA) is 54.0 Å². The largest absolute Gasteiger partial charge is 0.433 e. The molecule has 0 saturated carbocycles. The van der Waals surface area contributed by atoms with Crippen LogP contribution in [0, 0.1) is 5.92 Å². The molecule has 1 aromatic heterocycles. The Kier molecular flexibility index (Phi) is 3.16. The summed E-state index contributed by atoms with van der Waals surface area (Å²) in [6, 6.07) is 2.70. The van der Waals surface area contributed by atoms with E-state index in [0.29, 0.717) is 11.7 Å². The van der Waals surface area contributed by atoms with Crippen molar-refractivity contribution in [3.8, 4) is 0 Å². The number of nitrogens with zero attached hydrogens (tertiary/aromatic N) is 1. The van der Waals surface area contributed by atoms with Crippen LogP contribution in [0.4, 0.5) is 18.9 Å². The van der Waals surface area contributed by atoms with Gasteiger partial charge in [0, 0.05) is 12.1 Å². The summed E-state index contributed by atoms with van der Waals surface area (Å²) in [5, 5.41) is 5.99. The highest BCUT2D eigenvalue weighted by molar-refractivity contribution is 5.93. The predicted octanol–water partition coefficient (Wildman–Crippen LogP) is 2.18. The van der Waals surface area contributed by atoms with Gasteiger partial charge in [0.05, 0.1) is 17.8 Å².